The molecule has 1 amide bonds. The molecule has 4 nitrogen and oxygen atoms in total. The highest BCUT2D eigenvalue weighted by atomic mass is 32.1. The summed E-state index contributed by atoms with van der Waals surface area (Å²) < 4.78 is 5.34. The Morgan fingerprint density at radius 3 is 2.75 bits per heavy atom. The molecule has 1 saturated carbocycles. The Kier molecular flexibility index (Phi) is 3.76. The van der Waals surface area contributed by atoms with Crippen molar-refractivity contribution in [3.05, 3.63) is 0 Å². The van der Waals surface area contributed by atoms with Crippen LogP contribution in [0.4, 0.5) is 0 Å². The molecule has 0 spiro atoms. The van der Waals surface area contributed by atoms with Gasteiger partial charge in [0.1, 0.15) is 6.10 Å². The van der Waals surface area contributed by atoms with Crippen LogP contribution in [-0.2, 0) is 9.53 Å². The van der Waals surface area contributed by atoms with Gasteiger partial charge in [0, 0.05) is 18.6 Å². The second kappa shape index (κ2) is 5.10. The van der Waals surface area contributed by atoms with Gasteiger partial charge in [0.05, 0.1) is 4.99 Å². The third-order valence-corrected chi connectivity index (χ3v) is 3.73. The van der Waals surface area contributed by atoms with Crippen molar-refractivity contribution in [2.45, 2.75) is 44.2 Å². The summed E-state index contributed by atoms with van der Waals surface area (Å²) in [6.07, 6.45) is 4.59. The second-order valence-corrected chi connectivity index (χ2v) is 5.03. The fraction of sp³-hybridized carbons (Fsp3) is 0.818. The number of carbonyl (C=O) groups excluding carboxylic acids is 1. The van der Waals surface area contributed by atoms with Crippen molar-refractivity contribution in [2.24, 2.45) is 11.7 Å². The van der Waals surface area contributed by atoms with Crippen molar-refractivity contribution in [3.8, 4) is 0 Å². The summed E-state index contributed by atoms with van der Waals surface area (Å²) in [5.74, 6) is 0.172. The molecule has 0 aromatic heterocycles. The molecule has 5 heteroatoms. The van der Waals surface area contributed by atoms with E-state index in [1.54, 1.807) is 0 Å². The number of nitrogens with one attached hydrogen (secondary N) is 1. The van der Waals surface area contributed by atoms with Gasteiger partial charge >= 0.3 is 0 Å². The lowest BCUT2D eigenvalue weighted by molar-refractivity contribution is -0.130. The molecule has 3 atom stereocenters. The summed E-state index contributed by atoms with van der Waals surface area (Å²) in [6, 6.07) is 0.120. The molecule has 2 aliphatic rings. The lowest BCUT2D eigenvalue weighted by Crippen LogP contribution is -2.45. The molecule has 1 heterocycles. The summed E-state index contributed by atoms with van der Waals surface area (Å²) in [4.78, 5) is 12.4. The molecule has 1 saturated heterocycles. The van der Waals surface area contributed by atoms with Crippen molar-refractivity contribution in [1.82, 2.24) is 5.32 Å². The summed E-state index contributed by atoms with van der Waals surface area (Å²) in [7, 11) is 0. The van der Waals surface area contributed by atoms with Crippen LogP contribution in [0.15, 0.2) is 0 Å². The van der Waals surface area contributed by atoms with E-state index < -0.39 is 0 Å². The number of ether oxygens (including phenoxy) is 1. The maximum absolute atomic E-state index is 11.8. The zero-order valence-electron chi connectivity index (χ0n) is 9.28. The average molecular weight is 242 g/mol. The lowest BCUT2D eigenvalue weighted by atomic mass is 10.0. The fourth-order valence-electron chi connectivity index (χ4n) is 2.53. The highest BCUT2D eigenvalue weighted by molar-refractivity contribution is 7.80. The van der Waals surface area contributed by atoms with E-state index in [2.05, 4.69) is 5.32 Å². The average Bonchev–Trinajstić information content (AvgIpc) is 2.86. The first-order valence-electron chi connectivity index (χ1n) is 5.90. The highest BCUT2D eigenvalue weighted by Gasteiger charge is 2.33. The fourth-order valence-corrected chi connectivity index (χ4v) is 2.82. The van der Waals surface area contributed by atoms with Crippen LogP contribution in [0, 0.1) is 5.92 Å². The molecule has 2 rings (SSSR count). The Bertz CT molecular complexity index is 290. The Hall–Kier alpha value is -0.680. The minimum atomic E-state index is -0.257. The normalized spacial score (nSPS) is 33.9. The summed E-state index contributed by atoms with van der Waals surface area (Å²) in [5.41, 5.74) is 5.67. The van der Waals surface area contributed by atoms with Crippen LogP contribution in [0.3, 0.4) is 0 Å². The summed E-state index contributed by atoms with van der Waals surface area (Å²) >= 11 is 5.02. The number of hydrogen-bond acceptors (Lipinski definition) is 3. The van der Waals surface area contributed by atoms with Crippen LogP contribution in [0.25, 0.3) is 0 Å². The van der Waals surface area contributed by atoms with Gasteiger partial charge in [-0.05, 0) is 25.7 Å². The quantitative estimate of drug-likeness (QED) is 0.716. The van der Waals surface area contributed by atoms with E-state index >= 15 is 0 Å². The molecular formula is C11H18N2O2S. The first kappa shape index (κ1) is 11.8. The van der Waals surface area contributed by atoms with E-state index in [1.165, 1.54) is 0 Å². The van der Waals surface area contributed by atoms with Crippen LogP contribution in [-0.4, -0.2) is 29.6 Å². The number of hydrogen-bond donors (Lipinski definition) is 2. The molecule has 90 valence electrons. The monoisotopic (exact) mass is 242 g/mol. The maximum Gasteiger partial charge on any atom is 0.249 e. The second-order valence-electron chi connectivity index (χ2n) is 4.56. The van der Waals surface area contributed by atoms with Crippen molar-refractivity contribution in [3.63, 3.8) is 0 Å². The number of thiocarbonyl (C=S) groups is 1. The Morgan fingerprint density at radius 2 is 2.12 bits per heavy atom. The molecule has 2 fully saturated rings. The summed E-state index contributed by atoms with van der Waals surface area (Å²) in [6.45, 7) is 0.696. The first-order valence-corrected chi connectivity index (χ1v) is 6.30. The van der Waals surface area contributed by atoms with Gasteiger partial charge in [0.15, 0.2) is 0 Å². The third kappa shape index (κ3) is 2.52. The van der Waals surface area contributed by atoms with Gasteiger partial charge in [-0.2, -0.15) is 0 Å². The van der Waals surface area contributed by atoms with E-state index in [9.17, 15) is 4.79 Å². The van der Waals surface area contributed by atoms with Gasteiger partial charge in [0.2, 0.25) is 5.91 Å². The molecule has 0 bridgehead atoms. The Labute approximate surface area is 101 Å². The van der Waals surface area contributed by atoms with E-state index in [-0.39, 0.29) is 24.0 Å². The summed E-state index contributed by atoms with van der Waals surface area (Å²) in [5, 5.41) is 3.02. The van der Waals surface area contributed by atoms with Gasteiger partial charge in [-0.1, -0.05) is 18.6 Å². The van der Waals surface area contributed by atoms with Gasteiger partial charge in [0.25, 0.3) is 0 Å². The van der Waals surface area contributed by atoms with Crippen molar-refractivity contribution >= 4 is 23.1 Å². The van der Waals surface area contributed by atoms with Crippen LogP contribution in [0.2, 0.25) is 0 Å². The van der Waals surface area contributed by atoms with E-state index in [4.69, 9.17) is 22.7 Å². The minimum absolute atomic E-state index is 0.00523. The third-order valence-electron chi connectivity index (χ3n) is 3.43. The number of carbonyl (C=O) groups is 1. The van der Waals surface area contributed by atoms with Gasteiger partial charge < -0.3 is 15.8 Å². The van der Waals surface area contributed by atoms with E-state index in [1.807, 2.05) is 0 Å². The molecule has 0 aromatic rings. The van der Waals surface area contributed by atoms with E-state index in [0.717, 1.165) is 32.1 Å². The molecule has 1 aliphatic heterocycles. The van der Waals surface area contributed by atoms with Gasteiger partial charge in [-0.3, -0.25) is 4.79 Å². The minimum Gasteiger partial charge on any atom is -0.393 e. The van der Waals surface area contributed by atoms with Crippen molar-refractivity contribution < 1.29 is 9.53 Å². The predicted molar refractivity (Wildman–Crippen MR) is 65.0 cm³/mol. The molecule has 16 heavy (non-hydrogen) atoms. The Morgan fingerprint density at radius 1 is 1.31 bits per heavy atom. The SMILES string of the molecule is NC(=S)C1CCCC1NC(=O)C1CCCO1. The van der Waals surface area contributed by atoms with Gasteiger partial charge in [-0.15, -0.1) is 0 Å². The smallest absolute Gasteiger partial charge is 0.249 e. The largest absolute Gasteiger partial charge is 0.393 e. The molecule has 0 aromatic carbocycles. The van der Waals surface area contributed by atoms with Crippen LogP contribution in [0.1, 0.15) is 32.1 Å². The molecule has 3 N–H and O–H groups in total. The van der Waals surface area contributed by atoms with Crippen LogP contribution < -0.4 is 11.1 Å². The zero-order chi connectivity index (χ0) is 11.5. The topological polar surface area (TPSA) is 64.3 Å². The maximum atomic E-state index is 11.8. The first-order chi connectivity index (χ1) is 7.68. The Balaban J connectivity index is 1.88. The highest BCUT2D eigenvalue weighted by Crippen LogP contribution is 2.26. The van der Waals surface area contributed by atoms with E-state index in [0.29, 0.717) is 11.6 Å². The van der Waals surface area contributed by atoms with Gasteiger partial charge in [-0.25, -0.2) is 0 Å². The molecule has 3 unspecified atom stereocenters. The van der Waals surface area contributed by atoms with Crippen LogP contribution in [0.5, 0.6) is 0 Å². The lowest BCUT2D eigenvalue weighted by Gasteiger charge is -2.21. The van der Waals surface area contributed by atoms with Crippen LogP contribution >= 0.6 is 12.2 Å². The van der Waals surface area contributed by atoms with Crippen molar-refractivity contribution in [1.29, 1.82) is 0 Å². The molecular weight excluding hydrogens is 224 g/mol. The molecule has 1 aliphatic carbocycles. The van der Waals surface area contributed by atoms with Crippen molar-refractivity contribution in [2.75, 3.05) is 6.61 Å². The number of amides is 1. The number of nitrogens with two attached hydrogens (primary N) is 1. The zero-order valence-corrected chi connectivity index (χ0v) is 10.1. The number of rotatable bonds is 3. The molecule has 0 radical (unpaired) electrons. The standard InChI is InChI=1S/C11H18N2O2S/c12-10(16)7-3-1-4-8(7)13-11(14)9-5-2-6-15-9/h7-9H,1-6H2,(H2,12,16)(H,13,14). The predicted octanol–water partition coefficient (Wildman–Crippen LogP) is 0.736.